The van der Waals surface area contributed by atoms with Crippen molar-refractivity contribution in [2.45, 2.75) is 43.7 Å². The Morgan fingerprint density at radius 3 is 2.60 bits per heavy atom. The summed E-state index contributed by atoms with van der Waals surface area (Å²) in [6, 6.07) is 6.02. The van der Waals surface area contributed by atoms with Crippen LogP contribution in [0.25, 0.3) is 0 Å². The molecule has 0 radical (unpaired) electrons. The average Bonchev–Trinajstić information content (AvgIpc) is 2.46. The largest absolute Gasteiger partial charge is 0.493 e. The van der Waals surface area contributed by atoms with E-state index in [9.17, 15) is 0 Å². The Hall–Kier alpha value is -1.26. The molecule has 20 heavy (non-hydrogen) atoms. The highest BCUT2D eigenvalue weighted by molar-refractivity contribution is 5.50. The number of para-hydroxylation sites is 1. The van der Waals surface area contributed by atoms with Crippen molar-refractivity contribution in [1.82, 2.24) is 0 Å². The predicted molar refractivity (Wildman–Crippen MR) is 77.2 cm³/mol. The molecule has 0 bridgehead atoms. The molecule has 1 saturated carbocycles. The van der Waals surface area contributed by atoms with Gasteiger partial charge in [-0.2, -0.15) is 0 Å². The van der Waals surface area contributed by atoms with Crippen LogP contribution in [-0.4, -0.2) is 26.4 Å². The fraction of sp³-hybridized carbons (Fsp3) is 0.625. The van der Waals surface area contributed by atoms with Crippen molar-refractivity contribution in [3.05, 3.63) is 23.8 Å². The van der Waals surface area contributed by atoms with Gasteiger partial charge >= 0.3 is 0 Å². The van der Waals surface area contributed by atoms with E-state index in [2.05, 4.69) is 6.07 Å². The molecule has 110 valence electrons. The third-order valence-corrected chi connectivity index (χ3v) is 4.43. The molecule has 1 aliphatic heterocycles. The summed E-state index contributed by atoms with van der Waals surface area (Å²) in [6.45, 7) is 1.53. The summed E-state index contributed by atoms with van der Waals surface area (Å²) < 4.78 is 17.1. The van der Waals surface area contributed by atoms with Crippen LogP contribution in [0, 0.1) is 0 Å². The molecule has 1 saturated heterocycles. The predicted octanol–water partition coefficient (Wildman–Crippen LogP) is 2.59. The molecule has 4 heteroatoms. The van der Waals surface area contributed by atoms with Crippen LogP contribution in [0.15, 0.2) is 18.2 Å². The second kappa shape index (κ2) is 5.62. The first-order chi connectivity index (χ1) is 9.73. The van der Waals surface area contributed by atoms with Crippen molar-refractivity contribution in [1.29, 1.82) is 0 Å². The number of hydrogen-bond acceptors (Lipinski definition) is 4. The maximum atomic E-state index is 6.49. The van der Waals surface area contributed by atoms with Crippen LogP contribution in [-0.2, 0) is 10.3 Å². The van der Waals surface area contributed by atoms with Gasteiger partial charge in [-0.25, -0.2) is 0 Å². The summed E-state index contributed by atoms with van der Waals surface area (Å²) >= 11 is 0. The van der Waals surface area contributed by atoms with E-state index in [0.717, 1.165) is 56.0 Å². The van der Waals surface area contributed by atoms with Gasteiger partial charge in [-0.05, 0) is 25.3 Å². The number of methoxy groups -OCH3 is 1. The van der Waals surface area contributed by atoms with E-state index in [0.29, 0.717) is 0 Å². The summed E-state index contributed by atoms with van der Waals surface area (Å²) in [4.78, 5) is 0. The third-order valence-electron chi connectivity index (χ3n) is 4.43. The molecule has 1 heterocycles. The number of rotatable bonds is 4. The molecule has 0 spiro atoms. The monoisotopic (exact) mass is 277 g/mol. The molecule has 2 fully saturated rings. The van der Waals surface area contributed by atoms with E-state index in [1.165, 1.54) is 6.42 Å². The normalized spacial score (nSPS) is 22.1. The van der Waals surface area contributed by atoms with Crippen molar-refractivity contribution >= 4 is 0 Å². The van der Waals surface area contributed by atoms with Crippen molar-refractivity contribution in [2.75, 3.05) is 20.3 Å². The SMILES string of the molecule is COc1cccc(C2(N)CCC2)c1OC1CCOCC1. The van der Waals surface area contributed by atoms with Gasteiger partial charge in [0.2, 0.25) is 0 Å². The first kappa shape index (κ1) is 13.7. The van der Waals surface area contributed by atoms with Gasteiger partial charge in [0.1, 0.15) is 6.10 Å². The summed E-state index contributed by atoms with van der Waals surface area (Å²) in [7, 11) is 1.68. The number of nitrogens with two attached hydrogens (primary N) is 1. The van der Waals surface area contributed by atoms with Crippen molar-refractivity contribution in [2.24, 2.45) is 5.73 Å². The van der Waals surface area contributed by atoms with Crippen LogP contribution >= 0.6 is 0 Å². The first-order valence-electron chi connectivity index (χ1n) is 7.44. The van der Waals surface area contributed by atoms with Gasteiger partial charge in [0.15, 0.2) is 11.5 Å². The highest BCUT2D eigenvalue weighted by Crippen LogP contribution is 2.46. The van der Waals surface area contributed by atoms with Crippen LogP contribution in [0.3, 0.4) is 0 Å². The summed E-state index contributed by atoms with van der Waals surface area (Å²) in [5.74, 6) is 1.62. The van der Waals surface area contributed by atoms with Gasteiger partial charge in [-0.15, -0.1) is 0 Å². The van der Waals surface area contributed by atoms with Crippen LogP contribution in [0.1, 0.15) is 37.7 Å². The highest BCUT2D eigenvalue weighted by Gasteiger charge is 2.38. The van der Waals surface area contributed by atoms with Gasteiger partial charge in [-0.1, -0.05) is 12.1 Å². The molecule has 0 unspecified atom stereocenters. The topological polar surface area (TPSA) is 53.7 Å². The zero-order valence-electron chi connectivity index (χ0n) is 12.1. The number of benzene rings is 1. The number of ether oxygens (including phenoxy) is 3. The van der Waals surface area contributed by atoms with E-state index < -0.39 is 0 Å². The maximum Gasteiger partial charge on any atom is 0.166 e. The zero-order chi connectivity index (χ0) is 14.0. The average molecular weight is 277 g/mol. The molecule has 0 amide bonds. The van der Waals surface area contributed by atoms with Gasteiger partial charge in [-0.3, -0.25) is 0 Å². The fourth-order valence-corrected chi connectivity index (χ4v) is 2.98. The van der Waals surface area contributed by atoms with Crippen LogP contribution in [0.2, 0.25) is 0 Å². The van der Waals surface area contributed by atoms with Crippen LogP contribution in [0.4, 0.5) is 0 Å². The minimum atomic E-state index is -0.241. The molecule has 2 N–H and O–H groups in total. The molecule has 1 aliphatic carbocycles. The van der Waals surface area contributed by atoms with Crippen molar-refractivity contribution < 1.29 is 14.2 Å². The Kier molecular flexibility index (Phi) is 3.85. The van der Waals surface area contributed by atoms with E-state index in [1.807, 2.05) is 12.1 Å². The molecule has 4 nitrogen and oxygen atoms in total. The number of hydrogen-bond donors (Lipinski definition) is 1. The minimum absolute atomic E-state index is 0.197. The van der Waals surface area contributed by atoms with Gasteiger partial charge in [0, 0.05) is 23.9 Å². The molecular formula is C16H23NO3. The Balaban J connectivity index is 1.89. The lowest BCUT2D eigenvalue weighted by Crippen LogP contribution is -2.43. The maximum absolute atomic E-state index is 6.49. The Morgan fingerprint density at radius 2 is 2.00 bits per heavy atom. The molecule has 0 aromatic heterocycles. The summed E-state index contributed by atoms with van der Waals surface area (Å²) in [5, 5.41) is 0. The lowest BCUT2D eigenvalue weighted by Gasteiger charge is -2.40. The molecule has 1 aromatic rings. The zero-order valence-corrected chi connectivity index (χ0v) is 12.1. The van der Waals surface area contributed by atoms with E-state index in [-0.39, 0.29) is 11.6 Å². The van der Waals surface area contributed by atoms with Crippen LogP contribution in [0.5, 0.6) is 11.5 Å². The quantitative estimate of drug-likeness (QED) is 0.919. The Labute approximate surface area is 120 Å². The highest BCUT2D eigenvalue weighted by atomic mass is 16.5. The summed E-state index contributed by atoms with van der Waals surface area (Å²) in [6.07, 6.45) is 5.27. The van der Waals surface area contributed by atoms with E-state index >= 15 is 0 Å². The molecular weight excluding hydrogens is 254 g/mol. The van der Waals surface area contributed by atoms with Crippen LogP contribution < -0.4 is 15.2 Å². The van der Waals surface area contributed by atoms with E-state index in [4.69, 9.17) is 19.9 Å². The molecule has 0 atom stereocenters. The second-order valence-electron chi connectivity index (χ2n) is 5.78. The molecule has 1 aromatic carbocycles. The van der Waals surface area contributed by atoms with Crippen molar-refractivity contribution in [3.8, 4) is 11.5 Å². The standard InChI is InChI=1S/C16H23NO3/c1-18-14-5-2-4-13(16(17)8-3-9-16)15(14)20-12-6-10-19-11-7-12/h2,4-5,12H,3,6-11,17H2,1H3. The second-order valence-corrected chi connectivity index (χ2v) is 5.78. The molecule has 3 rings (SSSR count). The Morgan fingerprint density at radius 1 is 1.25 bits per heavy atom. The van der Waals surface area contributed by atoms with E-state index in [1.54, 1.807) is 7.11 Å². The molecule has 2 aliphatic rings. The first-order valence-corrected chi connectivity index (χ1v) is 7.44. The lowest BCUT2D eigenvalue weighted by atomic mass is 9.72. The smallest absolute Gasteiger partial charge is 0.166 e. The Bertz CT molecular complexity index is 465. The van der Waals surface area contributed by atoms with Crippen molar-refractivity contribution in [3.63, 3.8) is 0 Å². The van der Waals surface area contributed by atoms with Gasteiger partial charge < -0.3 is 19.9 Å². The summed E-state index contributed by atoms with van der Waals surface area (Å²) in [5.41, 5.74) is 7.34. The third kappa shape index (κ3) is 2.50. The van der Waals surface area contributed by atoms with Gasteiger partial charge in [0.05, 0.1) is 20.3 Å². The minimum Gasteiger partial charge on any atom is -0.493 e. The van der Waals surface area contributed by atoms with Gasteiger partial charge in [0.25, 0.3) is 0 Å². The lowest BCUT2D eigenvalue weighted by molar-refractivity contribution is 0.0231. The fourth-order valence-electron chi connectivity index (χ4n) is 2.98.